The highest BCUT2D eigenvalue weighted by Crippen LogP contribution is 2.31. The average molecular weight is 574 g/mol. The van der Waals surface area contributed by atoms with E-state index in [0.717, 1.165) is 6.26 Å². The van der Waals surface area contributed by atoms with Gasteiger partial charge in [-0.3, -0.25) is 14.6 Å². The Kier molecular flexibility index (Phi) is 7.38. The van der Waals surface area contributed by atoms with E-state index in [1.807, 2.05) is 0 Å². The number of nitrogens with one attached hydrogen (secondary N) is 1. The Morgan fingerprint density at radius 2 is 1.78 bits per heavy atom. The van der Waals surface area contributed by atoms with Gasteiger partial charge in [0.25, 0.3) is 0 Å². The summed E-state index contributed by atoms with van der Waals surface area (Å²) in [7, 11) is -1.89. The number of methoxy groups -OCH3 is 1. The van der Waals surface area contributed by atoms with Gasteiger partial charge in [-0.1, -0.05) is 18.2 Å². The maximum atomic E-state index is 15.0. The van der Waals surface area contributed by atoms with Crippen LogP contribution in [0.15, 0.2) is 82.9 Å². The van der Waals surface area contributed by atoms with Crippen molar-refractivity contribution < 1.29 is 27.1 Å². The molecule has 0 saturated carbocycles. The number of aromatic amines is 1. The smallest absolute Gasteiger partial charge is 0.200 e. The Morgan fingerprint density at radius 1 is 1.02 bits per heavy atom. The third kappa shape index (κ3) is 5.71. The Labute approximate surface area is 234 Å². The number of H-pyrrole nitrogens is 1. The minimum absolute atomic E-state index is 0.0701. The lowest BCUT2D eigenvalue weighted by molar-refractivity contribution is 0.0991. The van der Waals surface area contributed by atoms with Gasteiger partial charge in [0, 0.05) is 48.5 Å². The fraction of sp³-hybridized carbons (Fsp3) is 0.133. The van der Waals surface area contributed by atoms with E-state index in [9.17, 15) is 18.0 Å². The van der Waals surface area contributed by atoms with Gasteiger partial charge in [-0.15, -0.1) is 0 Å². The molecule has 5 aromatic rings. The number of carbonyl (C=O) groups is 1. The fourth-order valence-corrected chi connectivity index (χ4v) is 4.99. The molecule has 1 N–H and O–H groups in total. The molecule has 5 rings (SSSR count). The number of halogens is 1. The molecule has 208 valence electrons. The molecule has 2 aromatic carbocycles. The van der Waals surface area contributed by atoms with Gasteiger partial charge in [-0.25, -0.2) is 17.8 Å². The molecular formula is C30H24FN3O6S. The summed E-state index contributed by atoms with van der Waals surface area (Å²) in [6.07, 6.45) is 5.22. The maximum Gasteiger partial charge on any atom is 0.200 e. The molecule has 0 amide bonds. The number of aryl methyl sites for hydroxylation is 1. The fourth-order valence-electron chi connectivity index (χ4n) is 4.36. The summed E-state index contributed by atoms with van der Waals surface area (Å²) in [5.74, 6) is -0.459. The predicted octanol–water partition coefficient (Wildman–Crippen LogP) is 5.06. The lowest BCUT2D eigenvalue weighted by Gasteiger charge is -2.11. The third-order valence-corrected chi connectivity index (χ3v) is 7.61. The first kappa shape index (κ1) is 27.7. The zero-order valence-corrected chi connectivity index (χ0v) is 23.1. The van der Waals surface area contributed by atoms with E-state index in [-0.39, 0.29) is 28.2 Å². The van der Waals surface area contributed by atoms with E-state index >= 15 is 4.39 Å². The summed E-state index contributed by atoms with van der Waals surface area (Å²) < 4.78 is 49.5. The van der Waals surface area contributed by atoms with E-state index in [1.165, 1.54) is 62.1 Å². The molecule has 41 heavy (non-hydrogen) atoms. The first-order valence-electron chi connectivity index (χ1n) is 12.4. The molecule has 0 atom stereocenters. The monoisotopic (exact) mass is 573 g/mol. The van der Waals surface area contributed by atoms with Crippen molar-refractivity contribution in [3.63, 3.8) is 0 Å². The van der Waals surface area contributed by atoms with Crippen molar-refractivity contribution in [2.75, 3.05) is 13.4 Å². The number of rotatable bonds is 8. The first-order chi connectivity index (χ1) is 19.5. The van der Waals surface area contributed by atoms with Gasteiger partial charge in [-0.2, -0.15) is 0 Å². The van der Waals surface area contributed by atoms with Crippen molar-refractivity contribution in [3.8, 4) is 28.4 Å². The summed E-state index contributed by atoms with van der Waals surface area (Å²) in [6.45, 7) is 1.68. The number of pyridine rings is 3. The molecule has 0 radical (unpaired) electrons. The number of ketones is 1. The number of carbonyl (C=O) groups excluding carboxylic acids is 1. The minimum atomic E-state index is -3.41. The van der Waals surface area contributed by atoms with E-state index in [0.29, 0.717) is 39.4 Å². The summed E-state index contributed by atoms with van der Waals surface area (Å²) in [5.41, 5.74) is 1.92. The summed E-state index contributed by atoms with van der Waals surface area (Å²) >= 11 is 0. The number of hydrogen-bond acceptors (Lipinski definition) is 8. The van der Waals surface area contributed by atoms with Crippen LogP contribution < -0.4 is 14.9 Å². The molecule has 3 aromatic heterocycles. The molecule has 0 bridgehead atoms. The predicted molar refractivity (Wildman–Crippen MR) is 151 cm³/mol. The normalized spacial score (nSPS) is 11.4. The molecule has 11 heteroatoms. The zero-order valence-electron chi connectivity index (χ0n) is 22.3. The highest BCUT2D eigenvalue weighted by molar-refractivity contribution is 7.90. The van der Waals surface area contributed by atoms with Gasteiger partial charge in [0.05, 0.1) is 29.3 Å². The molecule has 0 unspecified atom stereocenters. The number of ether oxygens (including phenoxy) is 2. The average Bonchev–Trinajstić information content (AvgIpc) is 2.94. The molecule has 0 fully saturated rings. The molecule has 3 heterocycles. The Morgan fingerprint density at radius 3 is 2.46 bits per heavy atom. The van der Waals surface area contributed by atoms with Gasteiger partial charge in [0.1, 0.15) is 11.3 Å². The Bertz CT molecular complexity index is 1970. The highest BCUT2D eigenvalue weighted by atomic mass is 32.2. The number of hydrogen-bond donors (Lipinski definition) is 1. The molecule has 0 spiro atoms. The summed E-state index contributed by atoms with van der Waals surface area (Å²) in [6, 6.07) is 13.2. The summed E-state index contributed by atoms with van der Waals surface area (Å²) in [4.78, 5) is 38.0. The van der Waals surface area contributed by atoms with Crippen molar-refractivity contribution in [1.82, 2.24) is 15.0 Å². The zero-order chi connectivity index (χ0) is 29.3. The quantitative estimate of drug-likeness (QED) is 0.255. The number of aromatic nitrogens is 3. The van der Waals surface area contributed by atoms with Crippen LogP contribution in [0.25, 0.3) is 22.2 Å². The summed E-state index contributed by atoms with van der Waals surface area (Å²) in [5, 5.41) is 0. The number of fused-ring (bicyclic) bond motifs is 1. The van der Waals surface area contributed by atoms with Crippen LogP contribution in [0.4, 0.5) is 4.39 Å². The second-order valence-electron chi connectivity index (χ2n) is 9.35. The van der Waals surface area contributed by atoms with Crippen molar-refractivity contribution in [2.24, 2.45) is 0 Å². The molecule has 9 nitrogen and oxygen atoms in total. The van der Waals surface area contributed by atoms with Crippen molar-refractivity contribution in [3.05, 3.63) is 106 Å². The number of benzene rings is 2. The van der Waals surface area contributed by atoms with Gasteiger partial charge in [-0.05, 0) is 42.3 Å². The molecule has 0 saturated heterocycles. The van der Waals surface area contributed by atoms with Gasteiger partial charge < -0.3 is 14.5 Å². The van der Waals surface area contributed by atoms with Crippen LogP contribution in [-0.4, -0.2) is 42.5 Å². The maximum absolute atomic E-state index is 15.0. The standard InChI is InChI=1S/C30H24FN3O6S/c1-17-28(19-5-7-21(8-6-19)41(3,37)38)30(36)22(16-33-17)25(35)13-18-4-9-26(23(31)12-18)40-27-10-11-32-24-14-20(39-2)15-34-29(24)27/h4-12,14-16H,13H2,1-3H3,(H,33,36). The third-order valence-electron chi connectivity index (χ3n) is 6.48. The molecule has 0 aliphatic carbocycles. The highest BCUT2D eigenvalue weighted by Gasteiger charge is 2.19. The number of sulfone groups is 1. The van der Waals surface area contributed by atoms with Gasteiger partial charge in [0.2, 0.25) is 0 Å². The van der Waals surface area contributed by atoms with Crippen molar-refractivity contribution in [2.45, 2.75) is 18.2 Å². The van der Waals surface area contributed by atoms with Crippen LogP contribution in [0.3, 0.4) is 0 Å². The molecule has 0 aliphatic rings. The second-order valence-corrected chi connectivity index (χ2v) is 11.4. The topological polar surface area (TPSA) is 128 Å². The van der Waals surface area contributed by atoms with E-state index in [1.54, 1.807) is 25.1 Å². The van der Waals surface area contributed by atoms with E-state index in [4.69, 9.17) is 9.47 Å². The molecule has 0 aliphatic heterocycles. The first-order valence-corrected chi connectivity index (χ1v) is 14.3. The van der Waals surface area contributed by atoms with Crippen molar-refractivity contribution >= 4 is 26.7 Å². The van der Waals surface area contributed by atoms with E-state index < -0.39 is 26.9 Å². The Balaban J connectivity index is 1.38. The van der Waals surface area contributed by atoms with Crippen LogP contribution in [0, 0.1) is 12.7 Å². The van der Waals surface area contributed by atoms with Gasteiger partial charge in [0.15, 0.2) is 38.4 Å². The Hall–Kier alpha value is -4.90. The largest absolute Gasteiger partial charge is 0.495 e. The lowest BCUT2D eigenvalue weighted by Crippen LogP contribution is -2.20. The van der Waals surface area contributed by atoms with E-state index in [2.05, 4.69) is 15.0 Å². The van der Waals surface area contributed by atoms with Crippen LogP contribution >= 0.6 is 0 Å². The van der Waals surface area contributed by atoms with Crippen LogP contribution in [-0.2, 0) is 16.3 Å². The van der Waals surface area contributed by atoms with Crippen LogP contribution in [0.5, 0.6) is 17.2 Å². The van der Waals surface area contributed by atoms with Crippen LogP contribution in [0.1, 0.15) is 21.6 Å². The SMILES string of the molecule is COc1cnc2c(Oc3ccc(CC(=O)c4c[nH]c(C)c(-c5ccc(S(C)(=O)=O)cc5)c4=O)cc3F)ccnc2c1. The lowest BCUT2D eigenvalue weighted by atomic mass is 9.98. The number of Topliss-reactive ketones (excluding diaryl/α,β-unsaturated/α-hetero) is 1. The molecular weight excluding hydrogens is 549 g/mol. The minimum Gasteiger partial charge on any atom is -0.495 e. The number of nitrogens with zero attached hydrogens (tertiary/aromatic N) is 2. The van der Waals surface area contributed by atoms with Crippen molar-refractivity contribution in [1.29, 1.82) is 0 Å². The second kappa shape index (κ2) is 10.9. The van der Waals surface area contributed by atoms with Gasteiger partial charge >= 0.3 is 0 Å². The van der Waals surface area contributed by atoms with Crippen LogP contribution in [0.2, 0.25) is 0 Å².